The lowest BCUT2D eigenvalue weighted by atomic mass is 10.1. The van der Waals surface area contributed by atoms with Crippen molar-refractivity contribution in [3.05, 3.63) is 66.0 Å². The van der Waals surface area contributed by atoms with Crippen LogP contribution in [0.25, 0.3) is 21.8 Å². The number of aromatic nitrogens is 2. The summed E-state index contributed by atoms with van der Waals surface area (Å²) in [7, 11) is 0. The number of aromatic amines is 1. The molecule has 0 unspecified atom stereocenters. The molecule has 2 N–H and O–H groups in total. The number of nitrogens with one attached hydrogen (secondary N) is 1. The average Bonchev–Trinajstić information content (AvgIpc) is 3.21. The van der Waals surface area contributed by atoms with Crippen LogP contribution in [0.15, 0.2) is 54.7 Å². The Labute approximate surface area is 144 Å². The maximum absolute atomic E-state index is 12.0. The summed E-state index contributed by atoms with van der Waals surface area (Å²) < 4.78 is 7.12. The molecule has 0 atom stereocenters. The first-order valence-corrected chi connectivity index (χ1v) is 8.22. The smallest absolute Gasteiger partial charge is 0.354 e. The van der Waals surface area contributed by atoms with Crippen LogP contribution in [-0.2, 0) is 11.3 Å². The second kappa shape index (κ2) is 6.02. The number of H-pyrrole nitrogens is 1. The quantitative estimate of drug-likeness (QED) is 0.553. The van der Waals surface area contributed by atoms with E-state index in [0.717, 1.165) is 16.3 Å². The highest BCUT2D eigenvalue weighted by Crippen LogP contribution is 2.34. The monoisotopic (exact) mass is 334 g/mol. The summed E-state index contributed by atoms with van der Waals surface area (Å²) in [6.07, 6.45) is 1.99. The molecule has 0 amide bonds. The van der Waals surface area contributed by atoms with Gasteiger partial charge in [-0.2, -0.15) is 0 Å². The van der Waals surface area contributed by atoms with Crippen molar-refractivity contribution in [2.75, 3.05) is 6.61 Å². The zero-order valence-corrected chi connectivity index (χ0v) is 13.8. The number of esters is 1. The number of fused-ring (bicyclic) bond motifs is 3. The van der Waals surface area contributed by atoms with E-state index in [1.165, 1.54) is 5.56 Å². The molecule has 5 nitrogen and oxygen atoms in total. The highest BCUT2D eigenvalue weighted by atomic mass is 16.5. The molecule has 2 aromatic carbocycles. The van der Waals surface area contributed by atoms with Crippen LogP contribution in [0.1, 0.15) is 23.0 Å². The van der Waals surface area contributed by atoms with Crippen molar-refractivity contribution in [1.29, 1.82) is 0 Å². The maximum Gasteiger partial charge on any atom is 0.354 e. The van der Waals surface area contributed by atoms with Gasteiger partial charge in [0.25, 0.3) is 0 Å². The summed E-state index contributed by atoms with van der Waals surface area (Å²) in [5, 5.41) is 12.2. The molecule has 126 valence electrons. The average molecular weight is 334 g/mol. The lowest BCUT2D eigenvalue weighted by molar-refractivity contribution is 0.0520. The first-order chi connectivity index (χ1) is 12.2. The van der Waals surface area contributed by atoms with Crippen molar-refractivity contribution < 1.29 is 14.6 Å². The Morgan fingerprint density at radius 1 is 1.16 bits per heavy atom. The lowest BCUT2D eigenvalue weighted by Gasteiger charge is -2.06. The van der Waals surface area contributed by atoms with Gasteiger partial charge in [0.2, 0.25) is 0 Å². The van der Waals surface area contributed by atoms with Crippen molar-refractivity contribution in [3.8, 4) is 5.75 Å². The third-order valence-electron chi connectivity index (χ3n) is 4.34. The van der Waals surface area contributed by atoms with E-state index in [-0.39, 0.29) is 5.75 Å². The summed E-state index contributed by atoms with van der Waals surface area (Å²) in [4.78, 5) is 14.9. The SMILES string of the molecule is CCOC(=O)c1cc2c([nH]1)c(O)cc1c2ccn1Cc1ccccc1. The Hall–Kier alpha value is -3.21. The number of ether oxygens (including phenoxy) is 1. The fourth-order valence-corrected chi connectivity index (χ4v) is 3.18. The van der Waals surface area contributed by atoms with Crippen molar-refractivity contribution in [2.45, 2.75) is 13.5 Å². The van der Waals surface area contributed by atoms with Crippen LogP contribution in [0.3, 0.4) is 0 Å². The van der Waals surface area contributed by atoms with Crippen LogP contribution in [0.4, 0.5) is 0 Å². The number of phenols is 1. The minimum Gasteiger partial charge on any atom is -0.506 e. The van der Waals surface area contributed by atoms with Gasteiger partial charge in [-0.15, -0.1) is 0 Å². The van der Waals surface area contributed by atoms with E-state index >= 15 is 0 Å². The van der Waals surface area contributed by atoms with Gasteiger partial charge in [0.1, 0.15) is 11.4 Å². The predicted octanol–water partition coefficient (Wildman–Crippen LogP) is 4.05. The van der Waals surface area contributed by atoms with Gasteiger partial charge < -0.3 is 19.4 Å². The number of aromatic hydroxyl groups is 1. The van der Waals surface area contributed by atoms with E-state index in [1.54, 1.807) is 19.1 Å². The number of carbonyl (C=O) groups excluding carboxylic acids is 1. The summed E-state index contributed by atoms with van der Waals surface area (Å²) in [5.41, 5.74) is 2.99. The maximum atomic E-state index is 12.0. The molecule has 25 heavy (non-hydrogen) atoms. The Morgan fingerprint density at radius 2 is 1.96 bits per heavy atom. The summed E-state index contributed by atoms with van der Waals surface area (Å²) in [5.74, 6) is -0.305. The summed E-state index contributed by atoms with van der Waals surface area (Å²) in [6, 6.07) is 15.6. The van der Waals surface area contributed by atoms with Gasteiger partial charge in [-0.1, -0.05) is 30.3 Å². The van der Waals surface area contributed by atoms with Crippen molar-refractivity contribution in [3.63, 3.8) is 0 Å². The predicted molar refractivity (Wildman–Crippen MR) is 97.0 cm³/mol. The standard InChI is InChI=1S/C20H18N2O3/c1-2-25-20(24)16-10-15-14-8-9-22(12-13-6-4-3-5-7-13)17(14)11-18(23)19(15)21-16/h3-11,21,23H,2,12H2,1H3. The van der Waals surface area contributed by atoms with Crippen LogP contribution in [0.5, 0.6) is 5.75 Å². The number of phenolic OH excluding ortho intramolecular Hbond substituents is 1. The Balaban J connectivity index is 1.83. The molecule has 2 heterocycles. The molecular formula is C20H18N2O3. The van der Waals surface area contributed by atoms with Crippen molar-refractivity contribution in [2.24, 2.45) is 0 Å². The van der Waals surface area contributed by atoms with Crippen molar-refractivity contribution in [1.82, 2.24) is 9.55 Å². The second-order valence-corrected chi connectivity index (χ2v) is 5.95. The van der Waals surface area contributed by atoms with E-state index in [9.17, 15) is 9.90 Å². The fraction of sp³-hybridized carbons (Fsp3) is 0.150. The molecule has 0 radical (unpaired) electrons. The fourth-order valence-electron chi connectivity index (χ4n) is 3.18. The lowest BCUT2D eigenvalue weighted by Crippen LogP contribution is -2.04. The largest absolute Gasteiger partial charge is 0.506 e. The first-order valence-electron chi connectivity index (χ1n) is 8.22. The van der Waals surface area contributed by atoms with Crippen LogP contribution in [0, 0.1) is 0 Å². The number of rotatable bonds is 4. The summed E-state index contributed by atoms with van der Waals surface area (Å²) in [6.45, 7) is 2.79. The van der Waals surface area contributed by atoms with Crippen LogP contribution in [0.2, 0.25) is 0 Å². The molecule has 0 spiro atoms. The van der Waals surface area contributed by atoms with Crippen LogP contribution in [-0.4, -0.2) is 27.2 Å². The van der Waals surface area contributed by atoms with Gasteiger partial charge in [-0.3, -0.25) is 0 Å². The highest BCUT2D eigenvalue weighted by molar-refractivity contribution is 6.11. The van der Waals surface area contributed by atoms with Crippen LogP contribution >= 0.6 is 0 Å². The number of hydrogen-bond acceptors (Lipinski definition) is 3. The van der Waals surface area contributed by atoms with E-state index < -0.39 is 5.97 Å². The van der Waals surface area contributed by atoms with Gasteiger partial charge in [-0.05, 0) is 24.6 Å². The van der Waals surface area contributed by atoms with E-state index in [0.29, 0.717) is 24.4 Å². The number of nitrogens with zero attached hydrogens (tertiary/aromatic N) is 1. The Kier molecular flexibility index (Phi) is 3.69. The topological polar surface area (TPSA) is 67.2 Å². The minimum atomic E-state index is -0.421. The molecule has 4 rings (SSSR count). The zero-order valence-electron chi connectivity index (χ0n) is 13.8. The number of benzene rings is 2. The zero-order chi connectivity index (χ0) is 17.4. The van der Waals surface area contributed by atoms with Gasteiger partial charge in [0.05, 0.1) is 17.6 Å². The molecule has 0 bridgehead atoms. The van der Waals surface area contributed by atoms with Crippen molar-refractivity contribution >= 4 is 27.8 Å². The molecular weight excluding hydrogens is 316 g/mol. The van der Waals surface area contributed by atoms with Gasteiger partial charge in [-0.25, -0.2) is 4.79 Å². The molecule has 0 saturated heterocycles. The van der Waals surface area contributed by atoms with E-state index in [2.05, 4.69) is 21.7 Å². The Bertz CT molecular complexity index is 1060. The van der Waals surface area contributed by atoms with E-state index in [4.69, 9.17) is 4.74 Å². The number of carbonyl (C=O) groups is 1. The van der Waals surface area contributed by atoms with Gasteiger partial charge >= 0.3 is 5.97 Å². The molecule has 0 aliphatic rings. The molecule has 0 aliphatic carbocycles. The van der Waals surface area contributed by atoms with Crippen LogP contribution < -0.4 is 0 Å². The second-order valence-electron chi connectivity index (χ2n) is 5.95. The number of hydrogen-bond donors (Lipinski definition) is 2. The molecule has 2 aromatic heterocycles. The molecule has 0 saturated carbocycles. The molecule has 0 fully saturated rings. The molecule has 0 aliphatic heterocycles. The highest BCUT2D eigenvalue weighted by Gasteiger charge is 2.16. The Morgan fingerprint density at radius 3 is 2.72 bits per heavy atom. The van der Waals surface area contributed by atoms with Gasteiger partial charge in [0.15, 0.2) is 0 Å². The van der Waals surface area contributed by atoms with E-state index in [1.807, 2.05) is 30.5 Å². The third-order valence-corrected chi connectivity index (χ3v) is 4.34. The van der Waals surface area contributed by atoms with Gasteiger partial charge in [0, 0.05) is 29.6 Å². The minimum absolute atomic E-state index is 0.117. The third kappa shape index (κ3) is 2.63. The molecule has 4 aromatic rings. The molecule has 5 heteroatoms. The summed E-state index contributed by atoms with van der Waals surface area (Å²) >= 11 is 0. The first kappa shape index (κ1) is 15.3. The normalized spacial score (nSPS) is 11.2.